The summed E-state index contributed by atoms with van der Waals surface area (Å²) in [7, 11) is 0. The normalized spacial score (nSPS) is 13.3. The van der Waals surface area contributed by atoms with Crippen molar-refractivity contribution in [3.63, 3.8) is 0 Å². The van der Waals surface area contributed by atoms with Crippen molar-refractivity contribution in [3.05, 3.63) is 95.4 Å². The fraction of sp³-hybridized carbons (Fsp3) is 0.343. The quantitative estimate of drug-likeness (QED) is 0.132. The number of carbonyl (C=O) groups excluding carboxylic acids is 2. The first-order valence-corrected chi connectivity index (χ1v) is 15.1. The van der Waals surface area contributed by atoms with E-state index < -0.39 is 11.7 Å². The van der Waals surface area contributed by atoms with Gasteiger partial charge in [0.15, 0.2) is 0 Å². The van der Waals surface area contributed by atoms with Crippen LogP contribution in [0.15, 0.2) is 72.8 Å². The third kappa shape index (κ3) is 7.14. The standard InChI is InChI=1S/C35H41N5O3/c1-5-20-43-21-19-40-27(4)24-31(28-9-7-6-8-10-28)33(40)34(41)35(42)37-29-11-13-30(14-12-29)38-15-17-39(18-16-38)32-23-25(2)22-26(3)36-32/h6-14,22-24H,5,15-21H2,1-4H3,(H,37,42). The molecule has 2 aromatic carbocycles. The number of Topliss-reactive ketones (excluding diaryl/α,β-unsaturated/α-hetero) is 1. The van der Waals surface area contributed by atoms with E-state index in [-0.39, 0.29) is 0 Å². The monoisotopic (exact) mass is 579 g/mol. The predicted octanol–water partition coefficient (Wildman–Crippen LogP) is 6.05. The Kier molecular flexibility index (Phi) is 9.57. The number of benzene rings is 2. The van der Waals surface area contributed by atoms with Crippen LogP contribution in [0.1, 0.15) is 40.8 Å². The number of hydrogen-bond donors (Lipinski definition) is 1. The highest BCUT2D eigenvalue weighted by atomic mass is 16.5. The van der Waals surface area contributed by atoms with Gasteiger partial charge in [-0.05, 0) is 80.8 Å². The number of piperazine rings is 1. The minimum atomic E-state index is -0.659. The zero-order chi connectivity index (χ0) is 30.3. The molecule has 1 aliphatic heterocycles. The first-order chi connectivity index (χ1) is 20.8. The summed E-state index contributed by atoms with van der Waals surface area (Å²) in [6.07, 6.45) is 0.924. The molecule has 1 fully saturated rings. The van der Waals surface area contributed by atoms with Crippen LogP contribution in [0.2, 0.25) is 0 Å². The molecular formula is C35H41N5O3. The van der Waals surface area contributed by atoms with Crippen molar-refractivity contribution < 1.29 is 14.3 Å². The average molecular weight is 580 g/mol. The molecule has 1 aliphatic rings. The number of ketones is 1. The van der Waals surface area contributed by atoms with Gasteiger partial charge in [0.25, 0.3) is 11.7 Å². The number of anilines is 3. The molecule has 5 rings (SSSR count). The zero-order valence-corrected chi connectivity index (χ0v) is 25.6. The molecule has 43 heavy (non-hydrogen) atoms. The molecule has 3 heterocycles. The summed E-state index contributed by atoms with van der Waals surface area (Å²) in [6, 6.07) is 23.6. The third-order valence-electron chi connectivity index (χ3n) is 7.80. The summed E-state index contributed by atoms with van der Waals surface area (Å²) >= 11 is 0. The Morgan fingerprint density at radius 3 is 2.23 bits per heavy atom. The van der Waals surface area contributed by atoms with E-state index in [4.69, 9.17) is 9.72 Å². The average Bonchev–Trinajstić information content (AvgIpc) is 3.35. The Hall–Kier alpha value is -4.43. The minimum absolute atomic E-state index is 0.383. The van der Waals surface area contributed by atoms with E-state index in [0.29, 0.717) is 31.1 Å². The van der Waals surface area contributed by atoms with Crippen molar-refractivity contribution in [2.75, 3.05) is 54.5 Å². The molecule has 0 bridgehead atoms. The first kappa shape index (κ1) is 30.0. The van der Waals surface area contributed by atoms with Crippen LogP contribution < -0.4 is 15.1 Å². The Bertz CT molecular complexity index is 1530. The number of carbonyl (C=O) groups is 2. The van der Waals surface area contributed by atoms with Crippen molar-refractivity contribution in [1.82, 2.24) is 9.55 Å². The van der Waals surface area contributed by atoms with Gasteiger partial charge in [-0.3, -0.25) is 9.59 Å². The van der Waals surface area contributed by atoms with Crippen LogP contribution in [-0.2, 0) is 16.1 Å². The third-order valence-corrected chi connectivity index (χ3v) is 7.80. The van der Waals surface area contributed by atoms with Crippen LogP contribution in [0.5, 0.6) is 0 Å². The van der Waals surface area contributed by atoms with Gasteiger partial charge in [0.05, 0.1) is 6.61 Å². The first-order valence-electron chi connectivity index (χ1n) is 15.1. The van der Waals surface area contributed by atoms with Crippen molar-refractivity contribution in [1.29, 1.82) is 0 Å². The number of amides is 1. The molecule has 0 spiro atoms. The van der Waals surface area contributed by atoms with Gasteiger partial charge in [0.2, 0.25) is 0 Å². The summed E-state index contributed by atoms with van der Waals surface area (Å²) in [5.74, 6) is -0.193. The Balaban J connectivity index is 1.26. The molecule has 0 atom stereocenters. The summed E-state index contributed by atoms with van der Waals surface area (Å²) in [4.78, 5) is 36.4. The van der Waals surface area contributed by atoms with Crippen LogP contribution in [0, 0.1) is 20.8 Å². The summed E-state index contributed by atoms with van der Waals surface area (Å²) in [5.41, 5.74) is 6.87. The highest BCUT2D eigenvalue weighted by molar-refractivity contribution is 6.47. The van der Waals surface area contributed by atoms with Gasteiger partial charge < -0.3 is 24.4 Å². The molecule has 224 valence electrons. The van der Waals surface area contributed by atoms with E-state index in [1.807, 2.05) is 79.1 Å². The number of nitrogens with zero attached hydrogens (tertiary/aromatic N) is 4. The Labute approximate surface area is 254 Å². The Morgan fingerprint density at radius 1 is 0.860 bits per heavy atom. The van der Waals surface area contributed by atoms with Crippen molar-refractivity contribution >= 4 is 28.9 Å². The maximum absolute atomic E-state index is 13.7. The predicted molar refractivity (Wildman–Crippen MR) is 173 cm³/mol. The van der Waals surface area contributed by atoms with E-state index in [2.05, 4.69) is 41.1 Å². The lowest BCUT2D eigenvalue weighted by Crippen LogP contribution is -2.46. The highest BCUT2D eigenvalue weighted by Gasteiger charge is 2.26. The molecule has 0 radical (unpaired) electrons. The molecule has 8 nitrogen and oxygen atoms in total. The molecule has 0 unspecified atom stereocenters. The lowest BCUT2D eigenvalue weighted by Gasteiger charge is -2.37. The van der Waals surface area contributed by atoms with Gasteiger partial charge in [0, 0.05) is 67.7 Å². The van der Waals surface area contributed by atoms with Gasteiger partial charge in [-0.1, -0.05) is 37.3 Å². The number of rotatable bonds is 11. The fourth-order valence-electron chi connectivity index (χ4n) is 5.68. The number of hydrogen-bond acceptors (Lipinski definition) is 6. The van der Waals surface area contributed by atoms with Crippen LogP contribution in [0.3, 0.4) is 0 Å². The summed E-state index contributed by atoms with van der Waals surface area (Å²) < 4.78 is 7.60. The molecule has 0 saturated carbocycles. The molecule has 0 aliphatic carbocycles. The van der Waals surface area contributed by atoms with Crippen LogP contribution in [0.4, 0.5) is 17.2 Å². The summed E-state index contributed by atoms with van der Waals surface area (Å²) in [5, 5.41) is 2.83. The van der Waals surface area contributed by atoms with E-state index in [1.54, 1.807) is 0 Å². The number of aromatic nitrogens is 2. The maximum atomic E-state index is 13.7. The molecule has 1 saturated heterocycles. The minimum Gasteiger partial charge on any atom is -0.380 e. The molecule has 2 aromatic heterocycles. The lowest BCUT2D eigenvalue weighted by molar-refractivity contribution is -0.112. The zero-order valence-electron chi connectivity index (χ0n) is 25.6. The Morgan fingerprint density at radius 2 is 1.56 bits per heavy atom. The maximum Gasteiger partial charge on any atom is 0.298 e. The second kappa shape index (κ2) is 13.7. The van der Waals surface area contributed by atoms with E-state index in [9.17, 15) is 9.59 Å². The molecule has 8 heteroatoms. The van der Waals surface area contributed by atoms with Crippen molar-refractivity contribution in [3.8, 4) is 11.1 Å². The topological polar surface area (TPSA) is 79.7 Å². The van der Waals surface area contributed by atoms with Gasteiger partial charge in [0.1, 0.15) is 11.5 Å². The van der Waals surface area contributed by atoms with Gasteiger partial charge in [-0.15, -0.1) is 0 Å². The molecule has 4 aromatic rings. The van der Waals surface area contributed by atoms with Crippen molar-refractivity contribution in [2.45, 2.75) is 40.7 Å². The van der Waals surface area contributed by atoms with Crippen LogP contribution >= 0.6 is 0 Å². The number of ether oxygens (including phenoxy) is 1. The SMILES string of the molecule is CCCOCCn1c(C)cc(-c2ccccc2)c1C(=O)C(=O)Nc1ccc(N2CCN(c3cc(C)cc(C)n3)CC2)cc1. The van der Waals surface area contributed by atoms with Crippen LogP contribution in [0.25, 0.3) is 11.1 Å². The van der Waals surface area contributed by atoms with Gasteiger partial charge in [-0.2, -0.15) is 0 Å². The van der Waals surface area contributed by atoms with E-state index >= 15 is 0 Å². The number of aryl methyl sites for hydroxylation is 3. The smallest absolute Gasteiger partial charge is 0.298 e. The number of nitrogens with one attached hydrogen (secondary N) is 1. The van der Waals surface area contributed by atoms with E-state index in [0.717, 1.165) is 66.6 Å². The number of pyridine rings is 1. The van der Waals surface area contributed by atoms with Gasteiger partial charge in [-0.25, -0.2) is 4.98 Å². The van der Waals surface area contributed by atoms with Gasteiger partial charge >= 0.3 is 0 Å². The molecule has 1 amide bonds. The second-order valence-electron chi connectivity index (χ2n) is 11.1. The van der Waals surface area contributed by atoms with Crippen molar-refractivity contribution in [2.24, 2.45) is 0 Å². The molecular weight excluding hydrogens is 538 g/mol. The highest BCUT2D eigenvalue weighted by Crippen LogP contribution is 2.29. The lowest BCUT2D eigenvalue weighted by atomic mass is 10.0. The van der Waals surface area contributed by atoms with Crippen LogP contribution in [-0.4, -0.2) is 60.6 Å². The second-order valence-corrected chi connectivity index (χ2v) is 11.1. The van der Waals surface area contributed by atoms with E-state index in [1.165, 1.54) is 5.56 Å². The fourth-order valence-corrected chi connectivity index (χ4v) is 5.68. The summed E-state index contributed by atoms with van der Waals surface area (Å²) in [6.45, 7) is 13.3. The molecule has 1 N–H and O–H groups in total. The largest absolute Gasteiger partial charge is 0.380 e.